The summed E-state index contributed by atoms with van der Waals surface area (Å²) in [7, 11) is 2.02. The Morgan fingerprint density at radius 3 is 2.62 bits per heavy atom. The summed E-state index contributed by atoms with van der Waals surface area (Å²) in [5.74, 6) is 1.60. The lowest BCUT2D eigenvalue weighted by Gasteiger charge is -2.38. The zero-order valence-electron chi connectivity index (χ0n) is 12.9. The lowest BCUT2D eigenvalue weighted by Crippen LogP contribution is -2.50. The summed E-state index contributed by atoms with van der Waals surface area (Å²) < 4.78 is 19.0. The van der Waals surface area contributed by atoms with Crippen LogP contribution in [0.3, 0.4) is 0 Å². The van der Waals surface area contributed by atoms with Gasteiger partial charge in [0.1, 0.15) is 17.3 Å². The van der Waals surface area contributed by atoms with Crippen molar-refractivity contribution in [2.75, 3.05) is 13.6 Å². The summed E-state index contributed by atoms with van der Waals surface area (Å²) >= 11 is 0. The maximum atomic E-state index is 13.3. The van der Waals surface area contributed by atoms with Gasteiger partial charge in [-0.3, -0.25) is 4.90 Å². The van der Waals surface area contributed by atoms with Crippen LogP contribution in [-0.4, -0.2) is 24.0 Å². The first-order valence-corrected chi connectivity index (χ1v) is 7.14. The van der Waals surface area contributed by atoms with E-state index in [4.69, 9.17) is 10.2 Å². The molecule has 3 nitrogen and oxygen atoms in total. The van der Waals surface area contributed by atoms with Gasteiger partial charge in [0, 0.05) is 12.1 Å². The van der Waals surface area contributed by atoms with Gasteiger partial charge in [-0.25, -0.2) is 4.39 Å². The molecule has 0 fully saturated rings. The molecule has 1 aromatic heterocycles. The highest BCUT2D eigenvalue weighted by atomic mass is 19.1. The van der Waals surface area contributed by atoms with E-state index in [0.29, 0.717) is 19.5 Å². The van der Waals surface area contributed by atoms with E-state index in [1.165, 1.54) is 6.07 Å². The van der Waals surface area contributed by atoms with Gasteiger partial charge in [-0.05, 0) is 57.1 Å². The maximum absolute atomic E-state index is 13.3. The van der Waals surface area contributed by atoms with Gasteiger partial charge in [-0.2, -0.15) is 0 Å². The highest BCUT2D eigenvalue weighted by molar-refractivity contribution is 5.19. The number of halogens is 1. The van der Waals surface area contributed by atoms with E-state index in [9.17, 15) is 4.39 Å². The highest BCUT2D eigenvalue weighted by Gasteiger charge is 2.28. The summed E-state index contributed by atoms with van der Waals surface area (Å²) in [4.78, 5) is 2.16. The van der Waals surface area contributed by atoms with Crippen molar-refractivity contribution < 1.29 is 8.81 Å². The lowest BCUT2D eigenvalue weighted by atomic mass is 9.91. The molecule has 1 unspecified atom stereocenters. The van der Waals surface area contributed by atoms with E-state index in [0.717, 1.165) is 17.1 Å². The molecule has 0 spiro atoms. The van der Waals surface area contributed by atoms with Crippen LogP contribution in [0.15, 0.2) is 40.8 Å². The van der Waals surface area contributed by atoms with E-state index in [1.807, 2.05) is 32.2 Å². The van der Waals surface area contributed by atoms with Crippen molar-refractivity contribution in [1.29, 1.82) is 0 Å². The molecule has 0 bridgehead atoms. The van der Waals surface area contributed by atoms with Crippen LogP contribution in [0, 0.1) is 12.7 Å². The number of aryl methyl sites for hydroxylation is 1. The van der Waals surface area contributed by atoms with E-state index in [-0.39, 0.29) is 11.4 Å². The summed E-state index contributed by atoms with van der Waals surface area (Å²) in [6.07, 6.45) is 0.692. The molecule has 0 aliphatic rings. The Morgan fingerprint density at radius 2 is 2.05 bits per heavy atom. The van der Waals surface area contributed by atoms with E-state index in [1.54, 1.807) is 12.1 Å². The Kier molecular flexibility index (Phi) is 4.80. The third kappa shape index (κ3) is 3.93. The van der Waals surface area contributed by atoms with Gasteiger partial charge in [-0.15, -0.1) is 0 Å². The predicted molar refractivity (Wildman–Crippen MR) is 82.5 cm³/mol. The number of likely N-dealkylation sites (N-methyl/N-ethyl adjacent to an activating group) is 1. The fourth-order valence-electron chi connectivity index (χ4n) is 2.44. The van der Waals surface area contributed by atoms with Crippen LogP contribution in [0.25, 0.3) is 0 Å². The van der Waals surface area contributed by atoms with Crippen molar-refractivity contribution in [3.63, 3.8) is 0 Å². The molecule has 2 rings (SSSR count). The van der Waals surface area contributed by atoms with Crippen molar-refractivity contribution in [3.05, 3.63) is 59.3 Å². The van der Waals surface area contributed by atoms with Crippen LogP contribution in [0.2, 0.25) is 0 Å². The van der Waals surface area contributed by atoms with Crippen LogP contribution in [0.4, 0.5) is 4.39 Å². The molecule has 0 aliphatic carbocycles. The van der Waals surface area contributed by atoms with Gasteiger partial charge >= 0.3 is 0 Å². The number of rotatable bonds is 6. The van der Waals surface area contributed by atoms with Crippen LogP contribution >= 0.6 is 0 Å². The molecular formula is C17H23FN2O. The second kappa shape index (κ2) is 6.41. The zero-order valence-corrected chi connectivity index (χ0v) is 12.9. The number of nitrogens with zero attached hydrogens (tertiary/aromatic N) is 1. The standard InChI is InChI=1S/C17H23FN2O/c1-13-7-8-16(21-13)11-20(3)17(2,12-19)10-14-5-4-6-15(18)9-14/h4-9H,10-12,19H2,1-3H3. The summed E-state index contributed by atoms with van der Waals surface area (Å²) in [5.41, 5.74) is 6.68. The Balaban J connectivity index is 2.11. The number of hydrogen-bond acceptors (Lipinski definition) is 3. The van der Waals surface area contributed by atoms with Crippen LogP contribution in [-0.2, 0) is 13.0 Å². The third-order valence-electron chi connectivity index (χ3n) is 4.02. The molecule has 1 atom stereocenters. The third-order valence-corrected chi connectivity index (χ3v) is 4.02. The van der Waals surface area contributed by atoms with Gasteiger partial charge in [0.2, 0.25) is 0 Å². The van der Waals surface area contributed by atoms with Gasteiger partial charge in [0.15, 0.2) is 0 Å². The smallest absolute Gasteiger partial charge is 0.123 e. The number of furan rings is 1. The molecule has 2 aromatic rings. The van der Waals surface area contributed by atoms with Crippen molar-refractivity contribution >= 4 is 0 Å². The Morgan fingerprint density at radius 1 is 1.29 bits per heavy atom. The SMILES string of the molecule is Cc1ccc(CN(C)C(C)(CN)Cc2cccc(F)c2)o1. The van der Waals surface area contributed by atoms with Gasteiger partial charge in [0.05, 0.1) is 6.54 Å². The van der Waals surface area contributed by atoms with E-state index in [2.05, 4.69) is 11.8 Å². The molecule has 4 heteroatoms. The van der Waals surface area contributed by atoms with Gasteiger partial charge in [0.25, 0.3) is 0 Å². The summed E-state index contributed by atoms with van der Waals surface area (Å²) in [5, 5.41) is 0. The fourth-order valence-corrected chi connectivity index (χ4v) is 2.44. The molecule has 0 saturated heterocycles. The second-order valence-corrected chi connectivity index (χ2v) is 5.88. The monoisotopic (exact) mass is 290 g/mol. The normalized spacial score (nSPS) is 14.4. The maximum Gasteiger partial charge on any atom is 0.123 e. The minimum atomic E-state index is -0.255. The molecule has 0 saturated carbocycles. The highest BCUT2D eigenvalue weighted by Crippen LogP contribution is 2.22. The van der Waals surface area contributed by atoms with Crippen molar-refractivity contribution in [2.24, 2.45) is 5.73 Å². The molecular weight excluding hydrogens is 267 g/mol. The predicted octanol–water partition coefficient (Wildman–Crippen LogP) is 3.12. The van der Waals surface area contributed by atoms with E-state index < -0.39 is 0 Å². The number of nitrogens with two attached hydrogens (primary N) is 1. The first-order chi connectivity index (χ1) is 9.93. The molecule has 2 N–H and O–H groups in total. The first kappa shape index (κ1) is 15.7. The van der Waals surface area contributed by atoms with Crippen LogP contribution in [0.5, 0.6) is 0 Å². The Bertz CT molecular complexity index is 596. The largest absolute Gasteiger partial charge is 0.465 e. The Hall–Kier alpha value is -1.65. The average Bonchev–Trinajstić information content (AvgIpc) is 2.84. The van der Waals surface area contributed by atoms with Gasteiger partial charge < -0.3 is 10.2 Å². The minimum absolute atomic E-state index is 0.212. The minimum Gasteiger partial charge on any atom is -0.465 e. The molecule has 114 valence electrons. The van der Waals surface area contributed by atoms with Crippen molar-refractivity contribution in [3.8, 4) is 0 Å². The average molecular weight is 290 g/mol. The Labute approximate surface area is 125 Å². The zero-order chi connectivity index (χ0) is 15.5. The molecule has 1 heterocycles. The number of benzene rings is 1. The van der Waals surface area contributed by atoms with Gasteiger partial charge in [-0.1, -0.05) is 12.1 Å². The summed E-state index contributed by atoms with van der Waals surface area (Å²) in [6, 6.07) is 10.6. The molecule has 0 aliphatic heterocycles. The molecule has 1 aromatic carbocycles. The quantitative estimate of drug-likeness (QED) is 0.889. The molecule has 0 amide bonds. The van der Waals surface area contributed by atoms with Crippen LogP contribution < -0.4 is 5.73 Å². The molecule has 0 radical (unpaired) electrons. The molecule has 21 heavy (non-hydrogen) atoms. The van der Waals surface area contributed by atoms with Crippen molar-refractivity contribution in [2.45, 2.75) is 32.4 Å². The fraction of sp³-hybridized carbons (Fsp3) is 0.412. The van der Waals surface area contributed by atoms with E-state index >= 15 is 0 Å². The van der Waals surface area contributed by atoms with Crippen LogP contribution in [0.1, 0.15) is 24.0 Å². The second-order valence-electron chi connectivity index (χ2n) is 5.88. The summed E-state index contributed by atoms with van der Waals surface area (Å²) in [6.45, 7) is 5.18. The topological polar surface area (TPSA) is 42.4 Å². The lowest BCUT2D eigenvalue weighted by molar-refractivity contribution is 0.126. The number of hydrogen-bond donors (Lipinski definition) is 1. The first-order valence-electron chi connectivity index (χ1n) is 7.14. The van der Waals surface area contributed by atoms with Crippen molar-refractivity contribution in [1.82, 2.24) is 4.90 Å².